The first kappa shape index (κ1) is 12.8. The third-order valence-electron chi connectivity index (χ3n) is 3.19. The van der Waals surface area contributed by atoms with E-state index in [1.807, 2.05) is 0 Å². The summed E-state index contributed by atoms with van der Waals surface area (Å²) < 4.78 is 0. The van der Waals surface area contributed by atoms with Crippen LogP contribution in [0.15, 0.2) is 24.3 Å². The third-order valence-corrected chi connectivity index (χ3v) is 4.50. The lowest BCUT2D eigenvalue weighted by Gasteiger charge is -2.23. The Bertz CT molecular complexity index is 348. The molecule has 94 valence electrons. The molecular formula is C14H22N2S. The minimum atomic E-state index is 0.575. The summed E-state index contributed by atoms with van der Waals surface area (Å²) in [5, 5.41) is 0.575. The van der Waals surface area contributed by atoms with E-state index in [4.69, 9.17) is 0 Å². The number of anilines is 1. The van der Waals surface area contributed by atoms with Gasteiger partial charge in [0, 0.05) is 32.1 Å². The lowest BCUT2D eigenvalue weighted by Crippen LogP contribution is -2.23. The molecule has 1 fully saturated rings. The summed E-state index contributed by atoms with van der Waals surface area (Å²) in [6, 6.07) is 9.00. The van der Waals surface area contributed by atoms with Crippen LogP contribution in [-0.4, -0.2) is 37.8 Å². The topological polar surface area (TPSA) is 6.48 Å². The Balaban J connectivity index is 2.10. The van der Waals surface area contributed by atoms with Crippen molar-refractivity contribution in [3.05, 3.63) is 29.8 Å². The molecule has 0 N–H and O–H groups in total. The smallest absolute Gasteiger partial charge is 0.0815 e. The van der Waals surface area contributed by atoms with Gasteiger partial charge in [0.1, 0.15) is 0 Å². The quantitative estimate of drug-likeness (QED) is 0.810. The molecule has 1 atom stereocenters. The van der Waals surface area contributed by atoms with Gasteiger partial charge >= 0.3 is 0 Å². The number of rotatable bonds is 4. The molecule has 2 nitrogen and oxygen atoms in total. The van der Waals surface area contributed by atoms with Crippen molar-refractivity contribution >= 4 is 17.4 Å². The van der Waals surface area contributed by atoms with E-state index < -0.39 is 0 Å². The largest absolute Gasteiger partial charge is 0.378 e. The fourth-order valence-electron chi connectivity index (χ4n) is 2.26. The second-order valence-corrected chi connectivity index (χ2v) is 5.93. The highest BCUT2D eigenvalue weighted by Gasteiger charge is 2.25. The first-order valence-electron chi connectivity index (χ1n) is 6.35. The van der Waals surface area contributed by atoms with Gasteiger partial charge in [0.15, 0.2) is 0 Å². The second-order valence-electron chi connectivity index (χ2n) is 4.75. The van der Waals surface area contributed by atoms with Gasteiger partial charge in [0.2, 0.25) is 0 Å². The van der Waals surface area contributed by atoms with Crippen LogP contribution in [0.25, 0.3) is 0 Å². The van der Waals surface area contributed by atoms with Crippen LogP contribution in [0.4, 0.5) is 5.69 Å². The van der Waals surface area contributed by atoms with Gasteiger partial charge in [-0.1, -0.05) is 19.1 Å². The number of hydrogen-bond donors (Lipinski definition) is 0. The van der Waals surface area contributed by atoms with Crippen molar-refractivity contribution in [2.24, 2.45) is 0 Å². The van der Waals surface area contributed by atoms with Gasteiger partial charge in [-0.2, -0.15) is 0 Å². The fraction of sp³-hybridized carbons (Fsp3) is 0.571. The Morgan fingerprint density at radius 3 is 2.59 bits per heavy atom. The molecule has 1 aromatic carbocycles. The zero-order valence-corrected chi connectivity index (χ0v) is 11.8. The molecule has 1 aromatic rings. The van der Waals surface area contributed by atoms with Gasteiger partial charge in [-0.05, 0) is 30.7 Å². The van der Waals surface area contributed by atoms with E-state index in [0.717, 1.165) is 0 Å². The van der Waals surface area contributed by atoms with Crippen LogP contribution in [0.2, 0.25) is 0 Å². The Morgan fingerprint density at radius 2 is 2.00 bits per heavy atom. The second kappa shape index (κ2) is 5.78. The molecule has 3 heteroatoms. The fourth-order valence-corrected chi connectivity index (χ4v) is 3.60. The third kappa shape index (κ3) is 2.96. The molecule has 1 aliphatic heterocycles. The maximum absolute atomic E-state index is 2.59. The Hall–Kier alpha value is -0.670. The molecule has 0 aromatic heterocycles. The van der Waals surface area contributed by atoms with Crippen LogP contribution in [-0.2, 0) is 0 Å². The van der Waals surface area contributed by atoms with E-state index in [9.17, 15) is 0 Å². The standard InChI is InChI=1S/C14H22N2S/c1-4-9-16-10-11-17-14(16)12-5-7-13(8-6-12)15(2)3/h5-8,14H,4,9-11H2,1-3H3. The zero-order valence-electron chi connectivity index (χ0n) is 11.0. The molecule has 1 heterocycles. The Kier molecular flexibility index (Phi) is 4.35. The number of hydrogen-bond acceptors (Lipinski definition) is 3. The highest BCUT2D eigenvalue weighted by Crippen LogP contribution is 2.38. The molecule has 1 aliphatic rings. The van der Waals surface area contributed by atoms with Crippen molar-refractivity contribution in [2.45, 2.75) is 18.7 Å². The molecule has 0 bridgehead atoms. The zero-order chi connectivity index (χ0) is 12.3. The van der Waals surface area contributed by atoms with Crippen LogP contribution in [0, 0.1) is 0 Å². The predicted octanol–water partition coefficient (Wildman–Crippen LogP) is 3.21. The van der Waals surface area contributed by atoms with Crippen molar-refractivity contribution in [3.8, 4) is 0 Å². The summed E-state index contributed by atoms with van der Waals surface area (Å²) in [7, 11) is 4.17. The minimum Gasteiger partial charge on any atom is -0.378 e. The molecular weight excluding hydrogens is 228 g/mol. The lowest BCUT2D eigenvalue weighted by molar-refractivity contribution is 0.291. The summed E-state index contributed by atoms with van der Waals surface area (Å²) in [4.78, 5) is 4.74. The highest BCUT2D eigenvalue weighted by atomic mass is 32.2. The minimum absolute atomic E-state index is 0.575. The van der Waals surface area contributed by atoms with Crippen LogP contribution in [0.5, 0.6) is 0 Å². The normalized spacial score (nSPS) is 20.8. The maximum Gasteiger partial charge on any atom is 0.0815 e. The van der Waals surface area contributed by atoms with Gasteiger partial charge in [0.05, 0.1) is 5.37 Å². The SMILES string of the molecule is CCCN1CCSC1c1ccc(N(C)C)cc1. The monoisotopic (exact) mass is 250 g/mol. The van der Waals surface area contributed by atoms with Crippen LogP contribution in [0.3, 0.4) is 0 Å². The van der Waals surface area contributed by atoms with E-state index in [0.29, 0.717) is 5.37 Å². The summed E-state index contributed by atoms with van der Waals surface area (Å²) in [6.45, 7) is 4.71. The average Bonchev–Trinajstić information content (AvgIpc) is 2.78. The molecule has 2 rings (SSSR count). The van der Waals surface area contributed by atoms with Gasteiger partial charge < -0.3 is 4.90 Å². The van der Waals surface area contributed by atoms with Gasteiger partial charge in [-0.15, -0.1) is 11.8 Å². The summed E-state index contributed by atoms with van der Waals surface area (Å²) in [6.07, 6.45) is 1.24. The summed E-state index contributed by atoms with van der Waals surface area (Å²) >= 11 is 2.07. The predicted molar refractivity (Wildman–Crippen MR) is 77.8 cm³/mol. The van der Waals surface area contributed by atoms with Crippen molar-refractivity contribution < 1.29 is 0 Å². The van der Waals surface area contributed by atoms with Gasteiger partial charge in [-0.25, -0.2) is 0 Å². The van der Waals surface area contributed by atoms with Crippen molar-refractivity contribution in [1.29, 1.82) is 0 Å². The molecule has 0 amide bonds. The molecule has 0 saturated carbocycles. The average molecular weight is 250 g/mol. The first-order chi connectivity index (χ1) is 8.22. The first-order valence-corrected chi connectivity index (χ1v) is 7.40. The van der Waals surface area contributed by atoms with Gasteiger partial charge in [-0.3, -0.25) is 4.90 Å². The van der Waals surface area contributed by atoms with Crippen LogP contribution >= 0.6 is 11.8 Å². The molecule has 17 heavy (non-hydrogen) atoms. The summed E-state index contributed by atoms with van der Waals surface area (Å²) in [5.74, 6) is 1.26. The number of nitrogens with zero attached hydrogens (tertiary/aromatic N) is 2. The molecule has 1 saturated heterocycles. The molecule has 0 spiro atoms. The molecule has 1 unspecified atom stereocenters. The van der Waals surface area contributed by atoms with E-state index in [2.05, 4.69) is 66.8 Å². The number of benzene rings is 1. The van der Waals surface area contributed by atoms with Crippen molar-refractivity contribution in [2.75, 3.05) is 37.8 Å². The van der Waals surface area contributed by atoms with Gasteiger partial charge in [0.25, 0.3) is 0 Å². The van der Waals surface area contributed by atoms with E-state index >= 15 is 0 Å². The van der Waals surface area contributed by atoms with Crippen LogP contribution < -0.4 is 4.90 Å². The Morgan fingerprint density at radius 1 is 1.29 bits per heavy atom. The maximum atomic E-state index is 2.59. The van der Waals surface area contributed by atoms with Crippen molar-refractivity contribution in [1.82, 2.24) is 4.90 Å². The highest BCUT2D eigenvalue weighted by molar-refractivity contribution is 7.99. The van der Waals surface area contributed by atoms with Crippen LogP contribution in [0.1, 0.15) is 24.3 Å². The van der Waals surface area contributed by atoms with E-state index in [-0.39, 0.29) is 0 Å². The van der Waals surface area contributed by atoms with E-state index in [1.54, 1.807) is 0 Å². The summed E-state index contributed by atoms with van der Waals surface area (Å²) in [5.41, 5.74) is 2.73. The molecule has 0 aliphatic carbocycles. The van der Waals surface area contributed by atoms with Crippen molar-refractivity contribution in [3.63, 3.8) is 0 Å². The Labute approximate surface area is 109 Å². The van der Waals surface area contributed by atoms with E-state index in [1.165, 1.54) is 36.5 Å². The molecule has 0 radical (unpaired) electrons. The lowest BCUT2D eigenvalue weighted by atomic mass is 10.2. The number of thioether (sulfide) groups is 1.